The van der Waals surface area contributed by atoms with Crippen molar-refractivity contribution in [3.8, 4) is 0 Å². The molecule has 2 aromatic carbocycles. The zero-order valence-corrected chi connectivity index (χ0v) is 10.9. The first-order valence-electron chi connectivity index (χ1n) is 4.90. The van der Waals surface area contributed by atoms with E-state index in [1.54, 1.807) is 0 Å². The topological polar surface area (TPSA) is 0 Å². The van der Waals surface area contributed by atoms with E-state index in [4.69, 9.17) is 0 Å². The lowest BCUT2D eigenvalue weighted by Crippen LogP contribution is -1.85. The van der Waals surface area contributed by atoms with Crippen LogP contribution in [0.3, 0.4) is 0 Å². The Balaban J connectivity index is 2.90. The Morgan fingerprint density at radius 3 is 2.47 bits per heavy atom. The van der Waals surface area contributed by atoms with Gasteiger partial charge in [0, 0.05) is 9.79 Å². The Kier molecular flexibility index (Phi) is 2.98. The van der Waals surface area contributed by atoms with Gasteiger partial charge < -0.3 is 0 Å². The lowest BCUT2D eigenvalue weighted by Gasteiger charge is -2.09. The van der Waals surface area contributed by atoms with Crippen molar-refractivity contribution in [2.24, 2.45) is 0 Å². The number of rotatable bonds is 1. The molecule has 0 saturated carbocycles. The van der Waals surface area contributed by atoms with E-state index in [1.807, 2.05) is 11.8 Å². The first kappa shape index (κ1) is 10.9. The van der Waals surface area contributed by atoms with Gasteiger partial charge in [0.05, 0.1) is 0 Å². The zero-order valence-electron chi connectivity index (χ0n) is 9.16. The van der Waals surface area contributed by atoms with E-state index < -0.39 is 0 Å². The van der Waals surface area contributed by atoms with Crippen LogP contribution in [0.4, 0.5) is 0 Å². The Hall–Kier alpha value is -0.600. The Labute approximate surface area is 100 Å². The molecule has 0 bridgehead atoms. The van der Waals surface area contributed by atoms with E-state index >= 15 is 0 Å². The van der Waals surface area contributed by atoms with Gasteiger partial charge in [-0.25, -0.2) is 0 Å². The summed E-state index contributed by atoms with van der Waals surface area (Å²) in [5.41, 5.74) is 2.62. The second kappa shape index (κ2) is 4.11. The van der Waals surface area contributed by atoms with Gasteiger partial charge in [-0.3, -0.25) is 0 Å². The minimum atomic E-state index is 1.04. The van der Waals surface area contributed by atoms with E-state index in [1.165, 1.54) is 26.8 Å². The van der Waals surface area contributed by atoms with Crippen LogP contribution in [0, 0.1) is 13.8 Å². The summed E-state index contributed by atoms with van der Waals surface area (Å²) in [5.74, 6) is 0. The molecular weight excluding hydrogens is 220 g/mol. The lowest BCUT2D eigenvalue weighted by atomic mass is 10.0. The highest BCUT2D eigenvalue weighted by atomic mass is 32.2. The summed E-state index contributed by atoms with van der Waals surface area (Å²) in [6.45, 7) is 4.29. The molecule has 2 aromatic rings. The van der Waals surface area contributed by atoms with Crippen LogP contribution in [0.1, 0.15) is 11.1 Å². The fourth-order valence-electron chi connectivity index (χ4n) is 1.97. The van der Waals surface area contributed by atoms with Gasteiger partial charge in [0.15, 0.2) is 0 Å². The predicted molar refractivity (Wildman–Crippen MR) is 72.5 cm³/mol. The summed E-state index contributed by atoms with van der Waals surface area (Å²) in [5, 5.41) is 2.66. The van der Waals surface area contributed by atoms with E-state index in [0.717, 1.165) is 4.90 Å². The maximum atomic E-state index is 4.42. The summed E-state index contributed by atoms with van der Waals surface area (Å²) in [4.78, 5) is 2.40. The molecule has 2 rings (SSSR count). The number of hydrogen-bond acceptors (Lipinski definition) is 2. The van der Waals surface area contributed by atoms with Crippen molar-refractivity contribution in [3.63, 3.8) is 0 Å². The number of hydrogen-bond donors (Lipinski definition) is 1. The van der Waals surface area contributed by atoms with E-state index in [2.05, 4.69) is 57.0 Å². The van der Waals surface area contributed by atoms with Crippen molar-refractivity contribution in [3.05, 3.63) is 35.4 Å². The third-order valence-electron chi connectivity index (χ3n) is 2.56. The van der Waals surface area contributed by atoms with Gasteiger partial charge in [-0.05, 0) is 60.2 Å². The van der Waals surface area contributed by atoms with E-state index in [9.17, 15) is 0 Å². The normalized spacial score (nSPS) is 10.9. The molecule has 0 unspecified atom stereocenters. The number of thiol groups is 1. The molecule has 0 aromatic heterocycles. The second-order valence-electron chi connectivity index (χ2n) is 3.83. The number of thioether (sulfide) groups is 1. The molecule has 78 valence electrons. The molecule has 0 N–H and O–H groups in total. The highest BCUT2D eigenvalue weighted by Gasteiger charge is 2.05. The first-order chi connectivity index (χ1) is 7.11. The lowest BCUT2D eigenvalue weighted by molar-refractivity contribution is 1.35. The van der Waals surface area contributed by atoms with Crippen LogP contribution in [0.2, 0.25) is 0 Å². The van der Waals surface area contributed by atoms with Gasteiger partial charge in [0.2, 0.25) is 0 Å². The van der Waals surface area contributed by atoms with Crippen LogP contribution < -0.4 is 0 Å². The van der Waals surface area contributed by atoms with Crippen LogP contribution in [-0.4, -0.2) is 6.26 Å². The summed E-state index contributed by atoms with van der Waals surface area (Å²) in [6.07, 6.45) is 2.13. The third kappa shape index (κ3) is 2.01. The third-order valence-corrected chi connectivity index (χ3v) is 3.58. The Bertz CT molecular complexity index is 510. The average Bonchev–Trinajstić information content (AvgIpc) is 2.14. The van der Waals surface area contributed by atoms with E-state index in [0.29, 0.717) is 0 Å². The highest BCUT2D eigenvalue weighted by Crippen LogP contribution is 2.32. The fourth-order valence-corrected chi connectivity index (χ4v) is 3.09. The van der Waals surface area contributed by atoms with Crippen LogP contribution in [0.5, 0.6) is 0 Å². The molecule has 0 saturated heterocycles. The van der Waals surface area contributed by atoms with Crippen molar-refractivity contribution in [1.29, 1.82) is 0 Å². The quantitative estimate of drug-likeness (QED) is 0.561. The number of benzene rings is 2. The maximum Gasteiger partial charge on any atom is 0.0153 e. The van der Waals surface area contributed by atoms with Crippen molar-refractivity contribution in [2.75, 3.05) is 6.26 Å². The first-order valence-corrected chi connectivity index (χ1v) is 6.57. The summed E-state index contributed by atoms with van der Waals surface area (Å²) in [7, 11) is 0. The molecule has 2 heteroatoms. The summed E-state index contributed by atoms with van der Waals surface area (Å²) < 4.78 is 0. The van der Waals surface area contributed by atoms with Gasteiger partial charge >= 0.3 is 0 Å². The molecule has 0 radical (unpaired) electrons. The Morgan fingerprint density at radius 2 is 1.80 bits per heavy atom. The second-order valence-corrected chi connectivity index (χ2v) is 5.19. The molecule has 0 atom stereocenters. The van der Waals surface area contributed by atoms with Crippen LogP contribution >= 0.6 is 24.4 Å². The summed E-state index contributed by atoms with van der Waals surface area (Å²) in [6, 6.07) is 8.73. The molecule has 0 aliphatic rings. The van der Waals surface area contributed by atoms with Crippen LogP contribution in [0.25, 0.3) is 10.8 Å². The van der Waals surface area contributed by atoms with Crippen LogP contribution in [0.15, 0.2) is 34.1 Å². The van der Waals surface area contributed by atoms with Gasteiger partial charge in [-0.2, -0.15) is 0 Å². The largest absolute Gasteiger partial charge is 0.143 e. The molecule has 0 spiro atoms. The van der Waals surface area contributed by atoms with Gasteiger partial charge in [-0.1, -0.05) is 6.07 Å². The predicted octanol–water partition coefficient (Wildman–Crippen LogP) is 4.47. The smallest absolute Gasteiger partial charge is 0.0153 e. The average molecular weight is 234 g/mol. The van der Waals surface area contributed by atoms with Crippen molar-refractivity contribution in [2.45, 2.75) is 23.6 Å². The van der Waals surface area contributed by atoms with Crippen molar-refractivity contribution >= 4 is 35.2 Å². The van der Waals surface area contributed by atoms with Gasteiger partial charge in [0.1, 0.15) is 0 Å². The zero-order chi connectivity index (χ0) is 11.0. The SMILES string of the molecule is CSc1cc(C)cc2cc(S)cc(C)c12. The monoisotopic (exact) mass is 234 g/mol. The molecule has 15 heavy (non-hydrogen) atoms. The number of aryl methyl sites for hydroxylation is 2. The molecular formula is C13H14S2. The van der Waals surface area contributed by atoms with Gasteiger partial charge in [-0.15, -0.1) is 24.4 Å². The Morgan fingerprint density at radius 1 is 1.07 bits per heavy atom. The molecule has 0 aliphatic carbocycles. The van der Waals surface area contributed by atoms with Crippen molar-refractivity contribution in [1.82, 2.24) is 0 Å². The fraction of sp³-hybridized carbons (Fsp3) is 0.231. The van der Waals surface area contributed by atoms with Gasteiger partial charge in [0.25, 0.3) is 0 Å². The van der Waals surface area contributed by atoms with E-state index in [-0.39, 0.29) is 0 Å². The molecule has 0 aliphatic heterocycles. The maximum absolute atomic E-state index is 4.42. The van der Waals surface area contributed by atoms with Crippen LogP contribution in [-0.2, 0) is 0 Å². The highest BCUT2D eigenvalue weighted by molar-refractivity contribution is 7.98. The summed E-state index contributed by atoms with van der Waals surface area (Å²) >= 11 is 6.23. The minimum absolute atomic E-state index is 1.04. The molecule has 0 nitrogen and oxygen atoms in total. The molecule has 0 amide bonds. The standard InChI is InChI=1S/C13H14S2/c1-8-4-10-7-11(14)6-9(2)13(10)12(5-8)15-3/h4-7,14H,1-3H3. The molecule has 0 fully saturated rings. The number of fused-ring (bicyclic) bond motifs is 1. The minimum Gasteiger partial charge on any atom is -0.143 e. The van der Waals surface area contributed by atoms with Crippen molar-refractivity contribution < 1.29 is 0 Å². The molecule has 0 heterocycles.